The number of H-pyrrole nitrogens is 1. The molecule has 0 bridgehead atoms. The van der Waals surface area contributed by atoms with Crippen molar-refractivity contribution >= 4 is 37.8 Å². The first-order chi connectivity index (χ1) is 8.09. The number of carbonyl (C=O) groups excluding carboxylic acids is 1. The van der Waals surface area contributed by atoms with Gasteiger partial charge in [-0.15, -0.1) is 0 Å². The Labute approximate surface area is 114 Å². The van der Waals surface area contributed by atoms with E-state index in [2.05, 4.69) is 52.5 Å². The third kappa shape index (κ3) is 2.58. The van der Waals surface area contributed by atoms with Crippen LogP contribution in [0, 0.1) is 0 Å². The maximum atomic E-state index is 11.8. The van der Waals surface area contributed by atoms with Gasteiger partial charge >= 0.3 is 0 Å². The molecule has 0 radical (unpaired) electrons. The van der Waals surface area contributed by atoms with E-state index in [9.17, 15) is 4.79 Å². The smallest absolute Gasteiger partial charge is 0.273 e. The van der Waals surface area contributed by atoms with E-state index in [1.54, 1.807) is 10.9 Å². The number of rotatable bonds is 3. The molecule has 8 heteroatoms. The molecule has 2 heterocycles. The van der Waals surface area contributed by atoms with Crippen molar-refractivity contribution in [3.05, 3.63) is 32.7 Å². The van der Waals surface area contributed by atoms with Crippen molar-refractivity contribution in [3.63, 3.8) is 0 Å². The van der Waals surface area contributed by atoms with Gasteiger partial charge in [0.1, 0.15) is 4.60 Å². The molecular weight excluding hydrogens is 354 g/mol. The van der Waals surface area contributed by atoms with Crippen LogP contribution in [-0.4, -0.2) is 25.9 Å². The third-order valence-corrected chi connectivity index (χ3v) is 4.11. The highest BCUT2D eigenvalue weighted by Crippen LogP contribution is 2.23. The van der Waals surface area contributed by atoms with Crippen LogP contribution in [0.15, 0.2) is 21.3 Å². The van der Waals surface area contributed by atoms with E-state index in [4.69, 9.17) is 0 Å². The second-order valence-corrected chi connectivity index (χ2v) is 4.92. The van der Waals surface area contributed by atoms with Gasteiger partial charge in [-0.1, -0.05) is 0 Å². The number of hydrogen-bond donors (Lipinski definition) is 2. The monoisotopic (exact) mass is 361 g/mol. The quantitative estimate of drug-likeness (QED) is 0.870. The van der Waals surface area contributed by atoms with E-state index in [1.165, 1.54) is 0 Å². The number of halogens is 2. The number of aromatic amines is 1. The highest BCUT2D eigenvalue weighted by atomic mass is 79.9. The zero-order chi connectivity index (χ0) is 12.4. The van der Waals surface area contributed by atoms with Crippen molar-refractivity contribution in [3.8, 4) is 0 Å². The Hall–Kier alpha value is -1.15. The van der Waals surface area contributed by atoms with Crippen molar-refractivity contribution in [1.82, 2.24) is 25.3 Å². The number of nitrogens with zero attached hydrogens (tertiary/aromatic N) is 3. The Morgan fingerprint density at radius 3 is 2.88 bits per heavy atom. The summed E-state index contributed by atoms with van der Waals surface area (Å²) in [6, 6.07) is 1.84. The lowest BCUT2D eigenvalue weighted by Gasteiger charge is -2.03. The maximum absolute atomic E-state index is 11.8. The lowest BCUT2D eigenvalue weighted by molar-refractivity contribution is 0.0944. The molecule has 0 spiro atoms. The normalized spacial score (nSPS) is 10.5. The van der Waals surface area contributed by atoms with E-state index in [-0.39, 0.29) is 5.91 Å². The number of aryl methyl sites for hydroxylation is 1. The molecule has 0 saturated heterocycles. The standard InChI is InChI=1S/C9H9Br2N5O/c1-16-5(2-3-13-16)4-12-9(17)7-6(10)8(11)15-14-7/h2-3H,4H2,1H3,(H,12,17)(H,14,15). The van der Waals surface area contributed by atoms with Crippen LogP contribution >= 0.6 is 31.9 Å². The minimum Gasteiger partial charge on any atom is -0.345 e. The van der Waals surface area contributed by atoms with Gasteiger partial charge in [0, 0.05) is 13.2 Å². The van der Waals surface area contributed by atoms with Gasteiger partial charge in [-0.2, -0.15) is 10.2 Å². The summed E-state index contributed by atoms with van der Waals surface area (Å²) in [5.41, 5.74) is 1.24. The van der Waals surface area contributed by atoms with Crippen LogP contribution in [0.1, 0.15) is 16.2 Å². The number of carbonyl (C=O) groups is 1. The van der Waals surface area contributed by atoms with E-state index in [0.717, 1.165) is 5.69 Å². The second kappa shape index (κ2) is 5.01. The summed E-state index contributed by atoms with van der Waals surface area (Å²) in [5.74, 6) is -0.250. The first-order valence-electron chi connectivity index (χ1n) is 4.74. The molecule has 2 aromatic rings. The van der Waals surface area contributed by atoms with E-state index < -0.39 is 0 Å². The minimum atomic E-state index is -0.250. The predicted octanol–water partition coefficient (Wildman–Crippen LogP) is 1.60. The van der Waals surface area contributed by atoms with Gasteiger partial charge in [-0.25, -0.2) is 0 Å². The molecule has 2 N–H and O–H groups in total. The molecule has 0 aliphatic heterocycles. The van der Waals surface area contributed by atoms with Gasteiger partial charge in [-0.3, -0.25) is 14.6 Å². The van der Waals surface area contributed by atoms with Crippen LogP contribution in [0.4, 0.5) is 0 Å². The fourth-order valence-electron chi connectivity index (χ4n) is 1.29. The molecule has 0 aliphatic carbocycles. The largest absolute Gasteiger partial charge is 0.345 e. The molecule has 0 unspecified atom stereocenters. The molecule has 0 aromatic carbocycles. The average Bonchev–Trinajstić information content (AvgIpc) is 2.84. The van der Waals surface area contributed by atoms with Crippen LogP contribution in [0.25, 0.3) is 0 Å². The van der Waals surface area contributed by atoms with Crippen molar-refractivity contribution < 1.29 is 4.79 Å². The molecule has 2 aromatic heterocycles. The topological polar surface area (TPSA) is 75.6 Å². The SMILES string of the molecule is Cn1nccc1CNC(=O)c1n[nH]c(Br)c1Br. The predicted molar refractivity (Wildman–Crippen MR) is 68.4 cm³/mol. The van der Waals surface area contributed by atoms with Gasteiger partial charge in [-0.05, 0) is 37.9 Å². The van der Waals surface area contributed by atoms with Crippen LogP contribution in [0.2, 0.25) is 0 Å². The summed E-state index contributed by atoms with van der Waals surface area (Å²) >= 11 is 6.49. The average molecular weight is 363 g/mol. The summed E-state index contributed by atoms with van der Waals surface area (Å²) in [5, 5.41) is 13.3. The zero-order valence-corrected chi connectivity index (χ0v) is 12.0. The Morgan fingerprint density at radius 2 is 2.35 bits per heavy atom. The van der Waals surface area contributed by atoms with Crippen LogP contribution in [0.5, 0.6) is 0 Å². The summed E-state index contributed by atoms with van der Waals surface area (Å²) < 4.78 is 2.96. The number of hydrogen-bond acceptors (Lipinski definition) is 3. The summed E-state index contributed by atoms with van der Waals surface area (Å²) in [4.78, 5) is 11.8. The molecule has 1 amide bonds. The minimum absolute atomic E-state index is 0.250. The lowest BCUT2D eigenvalue weighted by atomic mass is 10.3. The summed E-state index contributed by atoms with van der Waals surface area (Å²) in [7, 11) is 1.82. The van der Waals surface area contributed by atoms with Gasteiger partial charge in [0.2, 0.25) is 0 Å². The lowest BCUT2D eigenvalue weighted by Crippen LogP contribution is -2.24. The van der Waals surface area contributed by atoms with Crippen molar-refractivity contribution in [2.24, 2.45) is 7.05 Å². The van der Waals surface area contributed by atoms with E-state index in [1.807, 2.05) is 13.1 Å². The summed E-state index contributed by atoms with van der Waals surface area (Å²) in [6.07, 6.45) is 1.68. The molecule has 0 atom stereocenters. The Balaban J connectivity index is 2.03. The third-order valence-electron chi connectivity index (χ3n) is 2.23. The fraction of sp³-hybridized carbons (Fsp3) is 0.222. The van der Waals surface area contributed by atoms with Gasteiger partial charge in [0.15, 0.2) is 5.69 Å². The van der Waals surface area contributed by atoms with Crippen molar-refractivity contribution in [2.75, 3.05) is 0 Å². The number of nitrogens with one attached hydrogen (secondary N) is 2. The van der Waals surface area contributed by atoms with Gasteiger partial charge in [0.25, 0.3) is 5.91 Å². The molecule has 90 valence electrons. The van der Waals surface area contributed by atoms with Crippen molar-refractivity contribution in [2.45, 2.75) is 6.54 Å². The molecule has 0 saturated carbocycles. The molecule has 0 aliphatic rings. The van der Waals surface area contributed by atoms with Gasteiger partial charge < -0.3 is 5.32 Å². The van der Waals surface area contributed by atoms with E-state index in [0.29, 0.717) is 21.3 Å². The van der Waals surface area contributed by atoms with Crippen molar-refractivity contribution in [1.29, 1.82) is 0 Å². The number of aromatic nitrogens is 4. The summed E-state index contributed by atoms with van der Waals surface area (Å²) in [6.45, 7) is 0.409. The number of amides is 1. The zero-order valence-electron chi connectivity index (χ0n) is 8.87. The Kier molecular flexibility index (Phi) is 3.63. The maximum Gasteiger partial charge on any atom is 0.273 e. The molecular formula is C9H9Br2N5O. The molecule has 17 heavy (non-hydrogen) atoms. The highest BCUT2D eigenvalue weighted by molar-refractivity contribution is 9.13. The van der Waals surface area contributed by atoms with Crippen LogP contribution in [0.3, 0.4) is 0 Å². The highest BCUT2D eigenvalue weighted by Gasteiger charge is 2.16. The Morgan fingerprint density at radius 1 is 1.59 bits per heavy atom. The molecule has 2 rings (SSSR count). The molecule has 6 nitrogen and oxygen atoms in total. The van der Waals surface area contributed by atoms with Crippen LogP contribution < -0.4 is 5.32 Å². The fourth-order valence-corrected chi connectivity index (χ4v) is 1.92. The Bertz CT molecular complexity index is 547. The molecule has 0 fully saturated rings. The second-order valence-electron chi connectivity index (χ2n) is 3.33. The van der Waals surface area contributed by atoms with Crippen LogP contribution in [-0.2, 0) is 13.6 Å². The first-order valence-corrected chi connectivity index (χ1v) is 6.32. The first kappa shape index (κ1) is 12.3. The van der Waals surface area contributed by atoms with Gasteiger partial charge in [0.05, 0.1) is 16.7 Å². The van der Waals surface area contributed by atoms with E-state index >= 15 is 0 Å².